The Morgan fingerprint density at radius 2 is 1.75 bits per heavy atom. The molecule has 69 valence electrons. The summed E-state index contributed by atoms with van der Waals surface area (Å²) >= 11 is 0. The van der Waals surface area contributed by atoms with Crippen molar-refractivity contribution in [3.05, 3.63) is 0 Å². The van der Waals surface area contributed by atoms with Crippen molar-refractivity contribution < 1.29 is 4.79 Å². The number of amides is 1. The average molecular weight is 168 g/mol. The third-order valence-corrected chi connectivity index (χ3v) is 3.30. The molecule has 0 unspecified atom stereocenters. The van der Waals surface area contributed by atoms with Gasteiger partial charge in [0.05, 0.1) is 5.41 Å². The molecule has 1 aliphatic rings. The number of hydrogen-bond donors (Lipinski definition) is 0. The fraction of sp³-hybridized carbons (Fsp3) is 0.900. The van der Waals surface area contributed by atoms with E-state index in [-0.39, 0.29) is 11.3 Å². The van der Waals surface area contributed by atoms with Crippen molar-refractivity contribution in [2.24, 2.45) is 11.3 Å². The molecule has 0 aromatic rings. The van der Waals surface area contributed by atoms with Gasteiger partial charge in [0.2, 0.25) is 5.91 Å². The Morgan fingerprint density at radius 3 is 2.00 bits per heavy atom. The van der Waals surface area contributed by atoms with Crippen LogP contribution in [0.4, 0.5) is 0 Å². The minimum absolute atomic E-state index is 0.293. The van der Waals surface area contributed by atoms with E-state index < -0.39 is 0 Å². The molecule has 1 amide bonds. The van der Waals surface area contributed by atoms with Gasteiger partial charge in [0, 0.05) is 0 Å². The van der Waals surface area contributed by atoms with Gasteiger partial charge in [0.25, 0.3) is 0 Å². The second-order valence-electron chi connectivity index (χ2n) is 4.20. The lowest BCUT2D eigenvalue weighted by Crippen LogP contribution is -2.38. The predicted octanol–water partition coefficient (Wildman–Crippen LogP) is 2.40. The summed E-state index contributed by atoms with van der Waals surface area (Å²) in [4.78, 5) is 11.2. The van der Waals surface area contributed by atoms with E-state index in [1.54, 1.807) is 0 Å². The van der Waals surface area contributed by atoms with Crippen LogP contribution in [0.25, 0.3) is 0 Å². The lowest BCUT2D eigenvalue weighted by Gasteiger charge is -2.37. The van der Waals surface area contributed by atoms with E-state index in [4.69, 9.17) is 5.73 Å². The second-order valence-corrected chi connectivity index (χ2v) is 4.20. The first kappa shape index (κ1) is 9.56. The lowest BCUT2D eigenvalue weighted by molar-refractivity contribution is -0.133. The van der Waals surface area contributed by atoms with Gasteiger partial charge < -0.3 is 0 Å². The molecular formula is C10H18NO. The SMILES string of the molecule is CC(C)C1(C([NH])=O)CCCCC1. The summed E-state index contributed by atoms with van der Waals surface area (Å²) in [5.41, 5.74) is 7.02. The molecule has 0 aromatic heterocycles. The maximum atomic E-state index is 11.2. The Balaban J connectivity index is 2.77. The fourth-order valence-corrected chi connectivity index (χ4v) is 2.25. The monoisotopic (exact) mass is 168 g/mol. The molecule has 12 heavy (non-hydrogen) atoms. The van der Waals surface area contributed by atoms with Gasteiger partial charge in [-0.1, -0.05) is 33.1 Å². The molecule has 1 aliphatic carbocycles. The molecule has 1 rings (SSSR count). The second kappa shape index (κ2) is 3.46. The number of carbonyl (C=O) groups is 1. The fourth-order valence-electron chi connectivity index (χ4n) is 2.25. The molecule has 0 bridgehead atoms. The molecule has 0 aromatic carbocycles. The first-order chi connectivity index (χ1) is 5.59. The molecule has 1 fully saturated rings. The molecule has 1 saturated carbocycles. The van der Waals surface area contributed by atoms with E-state index in [1.807, 2.05) is 0 Å². The van der Waals surface area contributed by atoms with Crippen LogP contribution >= 0.6 is 0 Å². The van der Waals surface area contributed by atoms with Gasteiger partial charge in [-0.15, -0.1) is 0 Å². The van der Waals surface area contributed by atoms with Gasteiger partial charge in [-0.2, -0.15) is 0 Å². The standard InChI is InChI=1S/C10H18NO/c1-8(2)10(9(11)12)6-4-3-5-7-10/h8,11H,3-7H2,1-2H3. The van der Waals surface area contributed by atoms with Gasteiger partial charge in [-0.05, 0) is 18.8 Å². The van der Waals surface area contributed by atoms with Crippen LogP contribution in [0, 0.1) is 11.3 Å². The van der Waals surface area contributed by atoms with Crippen molar-refractivity contribution in [2.45, 2.75) is 46.0 Å². The smallest absolute Gasteiger partial charge is 0.244 e. The molecule has 0 heterocycles. The summed E-state index contributed by atoms with van der Waals surface area (Å²) in [6.45, 7) is 4.13. The van der Waals surface area contributed by atoms with Crippen molar-refractivity contribution >= 4 is 5.91 Å². The van der Waals surface area contributed by atoms with E-state index in [9.17, 15) is 4.79 Å². The van der Waals surface area contributed by atoms with Gasteiger partial charge in [-0.25, -0.2) is 0 Å². The molecular weight excluding hydrogens is 150 g/mol. The number of hydrogen-bond acceptors (Lipinski definition) is 1. The summed E-state index contributed by atoms with van der Waals surface area (Å²) in [5, 5.41) is 0. The van der Waals surface area contributed by atoms with Crippen molar-refractivity contribution in [1.29, 1.82) is 0 Å². The highest BCUT2D eigenvalue weighted by molar-refractivity contribution is 5.80. The highest BCUT2D eigenvalue weighted by atomic mass is 16.1. The Morgan fingerprint density at radius 1 is 1.25 bits per heavy atom. The van der Waals surface area contributed by atoms with E-state index in [0.717, 1.165) is 25.7 Å². The van der Waals surface area contributed by atoms with Gasteiger partial charge in [-0.3, -0.25) is 10.5 Å². The Hall–Kier alpha value is -0.530. The van der Waals surface area contributed by atoms with Crippen LogP contribution in [0.15, 0.2) is 0 Å². The molecule has 2 nitrogen and oxygen atoms in total. The summed E-state index contributed by atoms with van der Waals surface area (Å²) < 4.78 is 0. The van der Waals surface area contributed by atoms with Crippen molar-refractivity contribution in [1.82, 2.24) is 5.73 Å². The Bertz CT molecular complexity index is 169. The molecule has 0 atom stereocenters. The van der Waals surface area contributed by atoms with Crippen LogP contribution < -0.4 is 5.73 Å². The molecule has 1 N–H and O–H groups in total. The number of nitrogens with one attached hydrogen (secondary N) is 1. The zero-order valence-corrected chi connectivity index (χ0v) is 8.02. The van der Waals surface area contributed by atoms with Crippen LogP contribution in [-0.2, 0) is 4.79 Å². The summed E-state index contributed by atoms with van der Waals surface area (Å²) in [7, 11) is 0. The lowest BCUT2D eigenvalue weighted by atomic mass is 9.66. The van der Waals surface area contributed by atoms with Crippen LogP contribution in [0.2, 0.25) is 0 Å². The highest BCUT2D eigenvalue weighted by Crippen LogP contribution is 2.42. The van der Waals surface area contributed by atoms with Crippen molar-refractivity contribution in [2.75, 3.05) is 0 Å². The third kappa shape index (κ3) is 1.47. The van der Waals surface area contributed by atoms with Crippen LogP contribution in [0.1, 0.15) is 46.0 Å². The third-order valence-electron chi connectivity index (χ3n) is 3.30. The first-order valence-electron chi connectivity index (χ1n) is 4.85. The number of rotatable bonds is 2. The van der Waals surface area contributed by atoms with Crippen molar-refractivity contribution in [3.63, 3.8) is 0 Å². The first-order valence-corrected chi connectivity index (χ1v) is 4.85. The van der Waals surface area contributed by atoms with Crippen molar-refractivity contribution in [3.8, 4) is 0 Å². The highest BCUT2D eigenvalue weighted by Gasteiger charge is 2.40. The van der Waals surface area contributed by atoms with E-state index in [0.29, 0.717) is 5.92 Å². The molecule has 0 saturated heterocycles. The molecule has 0 aliphatic heterocycles. The van der Waals surface area contributed by atoms with E-state index in [1.165, 1.54) is 6.42 Å². The minimum Gasteiger partial charge on any atom is -0.273 e. The molecule has 0 spiro atoms. The maximum absolute atomic E-state index is 11.2. The summed E-state index contributed by atoms with van der Waals surface area (Å²) in [5.74, 6) is 0.000000000000000333. The Kier molecular flexibility index (Phi) is 2.76. The minimum atomic E-state index is -0.336. The molecule has 1 radical (unpaired) electrons. The van der Waals surface area contributed by atoms with E-state index >= 15 is 0 Å². The summed E-state index contributed by atoms with van der Waals surface area (Å²) in [6, 6.07) is 0. The van der Waals surface area contributed by atoms with Gasteiger partial charge in [0.1, 0.15) is 0 Å². The predicted molar refractivity (Wildman–Crippen MR) is 48.5 cm³/mol. The number of carbonyl (C=O) groups excluding carboxylic acids is 1. The van der Waals surface area contributed by atoms with E-state index in [2.05, 4.69) is 13.8 Å². The molecule has 2 heteroatoms. The zero-order chi connectivity index (χ0) is 9.19. The van der Waals surface area contributed by atoms with Gasteiger partial charge in [0.15, 0.2) is 0 Å². The topological polar surface area (TPSA) is 40.9 Å². The summed E-state index contributed by atoms with van der Waals surface area (Å²) in [6.07, 6.45) is 5.37. The van der Waals surface area contributed by atoms with Crippen LogP contribution in [-0.4, -0.2) is 5.91 Å². The quantitative estimate of drug-likeness (QED) is 0.624. The largest absolute Gasteiger partial charge is 0.273 e. The normalized spacial score (nSPS) is 22.6. The van der Waals surface area contributed by atoms with Crippen LogP contribution in [0.3, 0.4) is 0 Å². The van der Waals surface area contributed by atoms with Crippen LogP contribution in [0.5, 0.6) is 0 Å². The van der Waals surface area contributed by atoms with Gasteiger partial charge >= 0.3 is 0 Å². The zero-order valence-electron chi connectivity index (χ0n) is 8.02. The average Bonchev–Trinajstić information content (AvgIpc) is 2.05. The Labute approximate surface area is 74.5 Å². The maximum Gasteiger partial charge on any atom is 0.244 e.